The van der Waals surface area contributed by atoms with E-state index < -0.39 is 0 Å². The first-order valence-electron chi connectivity index (χ1n) is 3.18. The third-order valence-corrected chi connectivity index (χ3v) is 1.71. The zero-order chi connectivity index (χ0) is 7.56. The predicted octanol–water partition coefficient (Wildman–Crippen LogP) is 2.00. The first kappa shape index (κ1) is 7.63. The SMILES string of the molecule is CC(CN)c1coc(Cl)c1. The van der Waals surface area contributed by atoms with Crippen molar-refractivity contribution in [2.24, 2.45) is 5.73 Å². The van der Waals surface area contributed by atoms with E-state index in [-0.39, 0.29) is 0 Å². The molecule has 0 amide bonds. The van der Waals surface area contributed by atoms with Gasteiger partial charge in [-0.15, -0.1) is 0 Å². The number of hydrogen-bond donors (Lipinski definition) is 1. The summed E-state index contributed by atoms with van der Waals surface area (Å²) in [5.74, 6) is 0.330. The van der Waals surface area contributed by atoms with Gasteiger partial charge in [-0.2, -0.15) is 0 Å². The molecular weight excluding hydrogens is 150 g/mol. The van der Waals surface area contributed by atoms with E-state index in [0.717, 1.165) is 5.56 Å². The van der Waals surface area contributed by atoms with E-state index >= 15 is 0 Å². The molecule has 2 nitrogen and oxygen atoms in total. The summed E-state index contributed by atoms with van der Waals surface area (Å²) in [6.45, 7) is 2.65. The van der Waals surface area contributed by atoms with Crippen molar-refractivity contribution >= 4 is 11.6 Å². The Kier molecular flexibility index (Phi) is 2.35. The molecule has 1 aromatic rings. The molecule has 1 atom stereocenters. The summed E-state index contributed by atoms with van der Waals surface area (Å²) in [7, 11) is 0. The summed E-state index contributed by atoms with van der Waals surface area (Å²) in [5.41, 5.74) is 6.49. The molecule has 1 heterocycles. The Bertz CT molecular complexity index is 209. The summed E-state index contributed by atoms with van der Waals surface area (Å²) < 4.78 is 4.90. The molecule has 1 rings (SSSR count). The number of halogens is 1. The van der Waals surface area contributed by atoms with Gasteiger partial charge in [0.25, 0.3) is 0 Å². The minimum atomic E-state index is 0.330. The zero-order valence-corrected chi connectivity index (χ0v) is 6.56. The maximum Gasteiger partial charge on any atom is 0.193 e. The quantitative estimate of drug-likeness (QED) is 0.717. The van der Waals surface area contributed by atoms with Crippen LogP contribution in [0.1, 0.15) is 18.4 Å². The Hall–Kier alpha value is -0.470. The molecule has 2 N–H and O–H groups in total. The standard InChI is InChI=1S/C7H10ClNO/c1-5(3-9)6-2-7(8)10-4-6/h2,4-5H,3,9H2,1H3. The average molecular weight is 160 g/mol. The lowest BCUT2D eigenvalue weighted by Gasteiger charge is -2.01. The molecule has 0 fully saturated rings. The Labute approximate surface area is 65.0 Å². The van der Waals surface area contributed by atoms with Crippen LogP contribution in [0.15, 0.2) is 16.7 Å². The van der Waals surface area contributed by atoms with Gasteiger partial charge in [0.05, 0.1) is 6.26 Å². The molecular formula is C7H10ClNO. The lowest BCUT2D eigenvalue weighted by Crippen LogP contribution is -2.07. The van der Waals surface area contributed by atoms with E-state index in [2.05, 4.69) is 0 Å². The molecule has 1 unspecified atom stereocenters. The van der Waals surface area contributed by atoms with Crippen LogP contribution in [-0.4, -0.2) is 6.54 Å². The maximum atomic E-state index is 5.55. The molecule has 3 heteroatoms. The topological polar surface area (TPSA) is 39.2 Å². The highest BCUT2D eigenvalue weighted by Crippen LogP contribution is 2.19. The van der Waals surface area contributed by atoms with Crippen molar-refractivity contribution in [1.29, 1.82) is 0 Å². The normalized spacial score (nSPS) is 13.5. The monoisotopic (exact) mass is 159 g/mol. The van der Waals surface area contributed by atoms with Crippen LogP contribution in [0.4, 0.5) is 0 Å². The van der Waals surface area contributed by atoms with Crippen LogP contribution in [0.5, 0.6) is 0 Å². The van der Waals surface area contributed by atoms with E-state index in [0.29, 0.717) is 17.7 Å². The van der Waals surface area contributed by atoms with Crippen LogP contribution >= 0.6 is 11.6 Å². The molecule has 0 aromatic carbocycles. The Morgan fingerprint density at radius 1 is 1.80 bits per heavy atom. The molecule has 1 aromatic heterocycles. The first-order chi connectivity index (χ1) is 4.74. The highest BCUT2D eigenvalue weighted by atomic mass is 35.5. The van der Waals surface area contributed by atoms with Crippen LogP contribution in [0.3, 0.4) is 0 Å². The van der Waals surface area contributed by atoms with E-state index in [9.17, 15) is 0 Å². The van der Waals surface area contributed by atoms with Crippen molar-refractivity contribution in [2.75, 3.05) is 6.54 Å². The molecule has 0 spiro atoms. The van der Waals surface area contributed by atoms with Crippen LogP contribution in [0, 0.1) is 0 Å². The van der Waals surface area contributed by atoms with Gasteiger partial charge in [0.15, 0.2) is 5.22 Å². The Morgan fingerprint density at radius 2 is 2.50 bits per heavy atom. The maximum absolute atomic E-state index is 5.55. The molecule has 0 saturated heterocycles. The minimum Gasteiger partial charge on any atom is -0.453 e. The van der Waals surface area contributed by atoms with Gasteiger partial charge in [0, 0.05) is 0 Å². The fourth-order valence-electron chi connectivity index (χ4n) is 0.718. The summed E-state index contributed by atoms with van der Waals surface area (Å²) >= 11 is 5.55. The number of rotatable bonds is 2. The fraction of sp³-hybridized carbons (Fsp3) is 0.429. The molecule has 0 radical (unpaired) electrons. The summed E-state index contributed by atoms with van der Waals surface area (Å²) in [5, 5.41) is 0.426. The van der Waals surface area contributed by atoms with E-state index in [4.69, 9.17) is 21.8 Å². The molecule has 0 aliphatic carbocycles. The molecule has 0 saturated carbocycles. The van der Waals surface area contributed by atoms with Gasteiger partial charge in [-0.05, 0) is 35.7 Å². The molecule has 0 aliphatic heterocycles. The Balaban J connectivity index is 2.74. The van der Waals surface area contributed by atoms with Gasteiger partial charge in [0.1, 0.15) is 0 Å². The van der Waals surface area contributed by atoms with Gasteiger partial charge in [-0.1, -0.05) is 6.92 Å². The lowest BCUT2D eigenvalue weighted by atomic mass is 10.1. The fourth-order valence-corrected chi connectivity index (χ4v) is 0.888. The second-order valence-corrected chi connectivity index (χ2v) is 2.69. The van der Waals surface area contributed by atoms with Crippen molar-refractivity contribution in [3.8, 4) is 0 Å². The molecule has 0 aliphatic rings. The summed E-state index contributed by atoms with van der Waals surface area (Å²) in [4.78, 5) is 0. The van der Waals surface area contributed by atoms with Gasteiger partial charge < -0.3 is 10.2 Å². The summed E-state index contributed by atoms with van der Waals surface area (Å²) in [6, 6.07) is 1.79. The molecule has 10 heavy (non-hydrogen) atoms. The highest BCUT2D eigenvalue weighted by Gasteiger charge is 2.05. The Morgan fingerprint density at radius 3 is 2.90 bits per heavy atom. The summed E-state index contributed by atoms with van der Waals surface area (Å²) in [6.07, 6.45) is 1.64. The average Bonchev–Trinajstić information content (AvgIpc) is 2.34. The second-order valence-electron chi connectivity index (χ2n) is 2.32. The largest absolute Gasteiger partial charge is 0.453 e. The van der Waals surface area contributed by atoms with Crippen molar-refractivity contribution in [3.05, 3.63) is 23.1 Å². The van der Waals surface area contributed by atoms with Crippen LogP contribution < -0.4 is 5.73 Å². The van der Waals surface area contributed by atoms with Gasteiger partial charge in [-0.3, -0.25) is 0 Å². The first-order valence-corrected chi connectivity index (χ1v) is 3.56. The van der Waals surface area contributed by atoms with Crippen molar-refractivity contribution < 1.29 is 4.42 Å². The number of nitrogens with two attached hydrogens (primary N) is 1. The molecule has 56 valence electrons. The zero-order valence-electron chi connectivity index (χ0n) is 5.80. The molecule has 0 bridgehead atoms. The van der Waals surface area contributed by atoms with Crippen molar-refractivity contribution in [2.45, 2.75) is 12.8 Å². The van der Waals surface area contributed by atoms with Crippen molar-refractivity contribution in [3.63, 3.8) is 0 Å². The third kappa shape index (κ3) is 1.52. The number of hydrogen-bond acceptors (Lipinski definition) is 2. The minimum absolute atomic E-state index is 0.330. The smallest absolute Gasteiger partial charge is 0.193 e. The van der Waals surface area contributed by atoms with E-state index in [1.807, 2.05) is 6.92 Å². The third-order valence-electron chi connectivity index (χ3n) is 1.51. The lowest BCUT2D eigenvalue weighted by molar-refractivity contribution is 0.562. The number of furan rings is 1. The predicted molar refractivity (Wildman–Crippen MR) is 41.2 cm³/mol. The second kappa shape index (κ2) is 3.08. The van der Waals surface area contributed by atoms with E-state index in [1.165, 1.54) is 0 Å². The highest BCUT2D eigenvalue weighted by molar-refractivity contribution is 6.28. The van der Waals surface area contributed by atoms with Crippen molar-refractivity contribution in [1.82, 2.24) is 0 Å². The van der Waals surface area contributed by atoms with E-state index in [1.54, 1.807) is 12.3 Å². The van der Waals surface area contributed by atoms with Gasteiger partial charge in [-0.25, -0.2) is 0 Å². The van der Waals surface area contributed by atoms with Crippen LogP contribution in [0.25, 0.3) is 0 Å². The van der Waals surface area contributed by atoms with Gasteiger partial charge in [0.2, 0.25) is 0 Å². The van der Waals surface area contributed by atoms with Crippen LogP contribution in [-0.2, 0) is 0 Å². The van der Waals surface area contributed by atoms with Gasteiger partial charge >= 0.3 is 0 Å². The van der Waals surface area contributed by atoms with Crippen LogP contribution in [0.2, 0.25) is 5.22 Å².